The first-order chi connectivity index (χ1) is 14.0. The first-order valence-corrected chi connectivity index (χ1v) is 10.2. The summed E-state index contributed by atoms with van der Waals surface area (Å²) in [5, 5.41) is 7.25. The Morgan fingerprint density at radius 1 is 1.07 bits per heavy atom. The molecule has 6 nitrogen and oxygen atoms in total. The van der Waals surface area contributed by atoms with Crippen LogP contribution in [0.3, 0.4) is 0 Å². The maximum atomic E-state index is 12.1. The molecule has 0 aliphatic carbocycles. The van der Waals surface area contributed by atoms with Crippen LogP contribution in [0.2, 0.25) is 0 Å². The molecule has 1 heterocycles. The van der Waals surface area contributed by atoms with E-state index in [0.717, 1.165) is 21.3 Å². The SMILES string of the molecule is CCOc1ccc(-c2ccc(=O)n(CCNC(=O)Cc3ccc(Br)cc3)n2)cc1. The molecule has 1 N–H and O–H groups in total. The minimum absolute atomic E-state index is 0.0944. The molecule has 1 aromatic heterocycles. The second-order valence-electron chi connectivity index (χ2n) is 6.39. The largest absolute Gasteiger partial charge is 0.494 e. The van der Waals surface area contributed by atoms with Gasteiger partial charge in [-0.2, -0.15) is 5.10 Å². The van der Waals surface area contributed by atoms with Gasteiger partial charge >= 0.3 is 0 Å². The third-order valence-electron chi connectivity index (χ3n) is 4.25. The Bertz CT molecular complexity index is 1010. The molecule has 0 aliphatic rings. The maximum absolute atomic E-state index is 12.1. The molecule has 0 radical (unpaired) electrons. The third-order valence-corrected chi connectivity index (χ3v) is 4.78. The average Bonchev–Trinajstić information content (AvgIpc) is 2.72. The number of nitrogens with one attached hydrogen (secondary N) is 1. The summed E-state index contributed by atoms with van der Waals surface area (Å²) in [7, 11) is 0. The fourth-order valence-corrected chi connectivity index (χ4v) is 3.07. The van der Waals surface area contributed by atoms with Gasteiger partial charge in [0.1, 0.15) is 5.75 Å². The van der Waals surface area contributed by atoms with Crippen LogP contribution < -0.4 is 15.6 Å². The standard InChI is InChI=1S/C22H22BrN3O3/c1-2-29-19-9-5-17(6-10-19)20-11-12-22(28)26(25-20)14-13-24-21(27)15-16-3-7-18(23)8-4-16/h3-12H,2,13-15H2,1H3,(H,24,27). The van der Waals surface area contributed by atoms with Crippen molar-refractivity contribution in [2.75, 3.05) is 13.2 Å². The van der Waals surface area contributed by atoms with Crippen molar-refractivity contribution in [1.82, 2.24) is 15.1 Å². The van der Waals surface area contributed by atoms with E-state index in [1.807, 2.05) is 55.5 Å². The molecular formula is C22H22BrN3O3. The molecular weight excluding hydrogens is 434 g/mol. The number of carbonyl (C=O) groups is 1. The highest BCUT2D eigenvalue weighted by Gasteiger charge is 2.06. The highest BCUT2D eigenvalue weighted by atomic mass is 79.9. The Morgan fingerprint density at radius 2 is 1.79 bits per heavy atom. The quantitative estimate of drug-likeness (QED) is 0.564. The molecule has 3 rings (SSSR count). The van der Waals surface area contributed by atoms with Gasteiger partial charge in [0.05, 0.1) is 25.3 Å². The lowest BCUT2D eigenvalue weighted by Gasteiger charge is -2.09. The highest BCUT2D eigenvalue weighted by molar-refractivity contribution is 9.10. The van der Waals surface area contributed by atoms with Crippen molar-refractivity contribution in [3.63, 3.8) is 0 Å². The van der Waals surface area contributed by atoms with Crippen LogP contribution in [0, 0.1) is 0 Å². The summed E-state index contributed by atoms with van der Waals surface area (Å²) in [6, 6.07) is 18.3. The molecule has 3 aromatic rings. The van der Waals surface area contributed by atoms with E-state index in [4.69, 9.17) is 4.74 Å². The molecule has 29 heavy (non-hydrogen) atoms. The monoisotopic (exact) mass is 455 g/mol. The van der Waals surface area contributed by atoms with Crippen LogP contribution in [-0.2, 0) is 17.8 Å². The molecule has 0 atom stereocenters. The normalized spacial score (nSPS) is 10.6. The van der Waals surface area contributed by atoms with Gasteiger partial charge in [0, 0.05) is 22.6 Å². The summed E-state index contributed by atoms with van der Waals surface area (Å²) in [5.41, 5.74) is 2.30. The van der Waals surface area contributed by atoms with Crippen molar-refractivity contribution < 1.29 is 9.53 Å². The van der Waals surface area contributed by atoms with E-state index >= 15 is 0 Å². The van der Waals surface area contributed by atoms with E-state index in [-0.39, 0.29) is 11.5 Å². The number of amides is 1. The van der Waals surface area contributed by atoms with Crippen LogP contribution in [0.25, 0.3) is 11.3 Å². The molecule has 0 saturated carbocycles. The third kappa shape index (κ3) is 6.02. The molecule has 0 saturated heterocycles. The number of aromatic nitrogens is 2. The molecule has 7 heteroatoms. The van der Waals surface area contributed by atoms with E-state index in [1.54, 1.807) is 6.07 Å². The van der Waals surface area contributed by atoms with Crippen LogP contribution in [0.1, 0.15) is 12.5 Å². The summed E-state index contributed by atoms with van der Waals surface area (Å²) < 4.78 is 7.78. The number of hydrogen-bond acceptors (Lipinski definition) is 4. The van der Waals surface area contributed by atoms with Gasteiger partial charge < -0.3 is 10.1 Å². The second-order valence-corrected chi connectivity index (χ2v) is 7.31. The van der Waals surface area contributed by atoms with Crippen LogP contribution in [0.4, 0.5) is 0 Å². The summed E-state index contributed by atoms with van der Waals surface area (Å²) in [5.74, 6) is 0.695. The molecule has 150 valence electrons. The van der Waals surface area contributed by atoms with Crippen molar-refractivity contribution >= 4 is 21.8 Å². The van der Waals surface area contributed by atoms with Crippen LogP contribution >= 0.6 is 15.9 Å². The molecule has 0 aliphatic heterocycles. The zero-order valence-electron chi connectivity index (χ0n) is 16.1. The summed E-state index contributed by atoms with van der Waals surface area (Å²) in [6.07, 6.45) is 0.293. The molecule has 0 fully saturated rings. The van der Waals surface area contributed by atoms with Gasteiger partial charge in [0.25, 0.3) is 5.56 Å². The highest BCUT2D eigenvalue weighted by Crippen LogP contribution is 2.19. The minimum Gasteiger partial charge on any atom is -0.494 e. The van der Waals surface area contributed by atoms with E-state index in [2.05, 4.69) is 26.3 Å². The van der Waals surface area contributed by atoms with Crippen molar-refractivity contribution in [2.24, 2.45) is 0 Å². The molecule has 1 amide bonds. The zero-order valence-corrected chi connectivity index (χ0v) is 17.7. The Hall–Kier alpha value is -2.93. The summed E-state index contributed by atoms with van der Waals surface area (Å²) >= 11 is 3.37. The lowest BCUT2D eigenvalue weighted by molar-refractivity contribution is -0.120. The topological polar surface area (TPSA) is 73.2 Å². The Balaban J connectivity index is 1.59. The maximum Gasteiger partial charge on any atom is 0.266 e. The second kappa shape index (κ2) is 10.0. The molecule has 0 bridgehead atoms. The predicted molar refractivity (Wildman–Crippen MR) is 116 cm³/mol. The lowest BCUT2D eigenvalue weighted by atomic mass is 10.1. The lowest BCUT2D eigenvalue weighted by Crippen LogP contribution is -2.32. The van der Waals surface area contributed by atoms with E-state index in [9.17, 15) is 9.59 Å². The number of rotatable bonds is 8. The Morgan fingerprint density at radius 3 is 2.48 bits per heavy atom. The van der Waals surface area contributed by atoms with Crippen molar-refractivity contribution in [2.45, 2.75) is 19.9 Å². The van der Waals surface area contributed by atoms with Gasteiger partial charge in [-0.25, -0.2) is 4.68 Å². The predicted octanol–water partition coefficient (Wildman–Crippen LogP) is 3.43. The summed E-state index contributed by atoms with van der Waals surface area (Å²) in [4.78, 5) is 24.2. The van der Waals surface area contributed by atoms with Crippen LogP contribution in [-0.4, -0.2) is 28.8 Å². The van der Waals surface area contributed by atoms with Gasteiger partial charge in [-0.1, -0.05) is 28.1 Å². The summed E-state index contributed by atoms with van der Waals surface area (Å²) in [6.45, 7) is 3.17. The van der Waals surface area contributed by atoms with Crippen LogP contribution in [0.5, 0.6) is 5.75 Å². The minimum atomic E-state index is -0.207. The first kappa shape index (κ1) is 20.8. The molecule has 0 spiro atoms. The van der Waals surface area contributed by atoms with E-state index < -0.39 is 0 Å². The number of halogens is 1. The van der Waals surface area contributed by atoms with Gasteiger partial charge in [-0.05, 0) is 55.0 Å². The Kier molecular flexibility index (Phi) is 7.19. The smallest absolute Gasteiger partial charge is 0.266 e. The van der Waals surface area contributed by atoms with Crippen molar-refractivity contribution in [3.8, 4) is 17.0 Å². The van der Waals surface area contributed by atoms with Crippen LogP contribution in [0.15, 0.2) is 69.9 Å². The fraction of sp³-hybridized carbons (Fsp3) is 0.227. The van der Waals surface area contributed by atoms with Gasteiger partial charge in [-0.3, -0.25) is 9.59 Å². The van der Waals surface area contributed by atoms with Gasteiger partial charge in [-0.15, -0.1) is 0 Å². The Labute approximate surface area is 177 Å². The first-order valence-electron chi connectivity index (χ1n) is 9.37. The fourth-order valence-electron chi connectivity index (χ4n) is 2.80. The number of benzene rings is 2. The number of hydrogen-bond donors (Lipinski definition) is 1. The zero-order chi connectivity index (χ0) is 20.6. The van der Waals surface area contributed by atoms with Crippen molar-refractivity contribution in [1.29, 1.82) is 0 Å². The van der Waals surface area contributed by atoms with Gasteiger partial charge in [0.2, 0.25) is 5.91 Å². The van der Waals surface area contributed by atoms with Gasteiger partial charge in [0.15, 0.2) is 0 Å². The average molecular weight is 456 g/mol. The van der Waals surface area contributed by atoms with E-state index in [1.165, 1.54) is 10.7 Å². The molecule has 2 aromatic carbocycles. The number of ether oxygens (including phenoxy) is 1. The molecule has 0 unspecified atom stereocenters. The van der Waals surface area contributed by atoms with Crippen molar-refractivity contribution in [3.05, 3.63) is 81.1 Å². The number of carbonyl (C=O) groups excluding carboxylic acids is 1. The number of nitrogens with zero attached hydrogens (tertiary/aromatic N) is 2. The van der Waals surface area contributed by atoms with E-state index in [0.29, 0.717) is 31.8 Å².